The monoisotopic (exact) mass is 424 g/mol. The maximum atomic E-state index is 12.0. The van der Waals surface area contributed by atoms with Gasteiger partial charge in [0.1, 0.15) is 26.2 Å². The Kier molecular flexibility index (Phi) is 8.45. The average molecular weight is 425 g/mol. The SMILES string of the molecule is C=C[C@@](O)([C@@H](OCOC)[C@@H](C)O[Si](C)(C)C(C)(C)C)[Si](C)(C)c1ccccc1. The first-order chi connectivity index (χ1) is 12.7. The molecule has 1 N–H and O–H groups in total. The lowest BCUT2D eigenvalue weighted by molar-refractivity contribution is -0.148. The van der Waals surface area contributed by atoms with E-state index < -0.39 is 27.7 Å². The van der Waals surface area contributed by atoms with Gasteiger partial charge in [-0.1, -0.05) is 75.5 Å². The van der Waals surface area contributed by atoms with Gasteiger partial charge in [0.05, 0.1) is 6.10 Å². The van der Waals surface area contributed by atoms with E-state index in [4.69, 9.17) is 13.9 Å². The predicted molar refractivity (Wildman–Crippen MR) is 123 cm³/mol. The molecule has 1 aromatic rings. The molecular formula is C22H40O4Si2. The van der Waals surface area contributed by atoms with Gasteiger partial charge < -0.3 is 19.0 Å². The van der Waals surface area contributed by atoms with Crippen molar-refractivity contribution in [3.8, 4) is 0 Å². The van der Waals surface area contributed by atoms with Gasteiger partial charge in [0, 0.05) is 7.11 Å². The van der Waals surface area contributed by atoms with E-state index in [1.54, 1.807) is 13.2 Å². The highest BCUT2D eigenvalue weighted by molar-refractivity contribution is 6.92. The fourth-order valence-electron chi connectivity index (χ4n) is 3.28. The average Bonchev–Trinajstić information content (AvgIpc) is 2.60. The molecule has 0 fully saturated rings. The van der Waals surface area contributed by atoms with E-state index in [-0.39, 0.29) is 17.9 Å². The number of hydrogen-bond donors (Lipinski definition) is 1. The van der Waals surface area contributed by atoms with Crippen molar-refractivity contribution in [1.82, 2.24) is 0 Å². The third kappa shape index (κ3) is 5.23. The van der Waals surface area contributed by atoms with Crippen LogP contribution in [0.15, 0.2) is 43.0 Å². The van der Waals surface area contributed by atoms with Crippen LogP contribution < -0.4 is 5.19 Å². The second-order valence-corrected chi connectivity index (χ2v) is 19.0. The number of benzene rings is 1. The van der Waals surface area contributed by atoms with Crippen LogP contribution in [0.3, 0.4) is 0 Å². The van der Waals surface area contributed by atoms with Crippen molar-refractivity contribution >= 4 is 21.6 Å². The summed E-state index contributed by atoms with van der Waals surface area (Å²) >= 11 is 0. The fraction of sp³-hybridized carbons (Fsp3) is 0.636. The zero-order chi connectivity index (χ0) is 21.8. The van der Waals surface area contributed by atoms with E-state index in [1.807, 2.05) is 25.1 Å². The second-order valence-electron chi connectivity index (χ2n) is 9.60. The van der Waals surface area contributed by atoms with Crippen molar-refractivity contribution in [3.63, 3.8) is 0 Å². The lowest BCUT2D eigenvalue weighted by Gasteiger charge is -2.48. The summed E-state index contributed by atoms with van der Waals surface area (Å²) in [5, 5.41) is 11.9. The van der Waals surface area contributed by atoms with Crippen LogP contribution in [0.4, 0.5) is 0 Å². The molecule has 1 rings (SSSR count). The third-order valence-electron chi connectivity index (χ3n) is 6.32. The molecule has 0 aliphatic rings. The minimum Gasteiger partial charge on any atom is -0.411 e. The molecule has 0 saturated carbocycles. The lowest BCUT2D eigenvalue weighted by atomic mass is 10.1. The summed E-state index contributed by atoms with van der Waals surface area (Å²) in [6.07, 6.45) is 0.758. The van der Waals surface area contributed by atoms with Crippen LogP contribution in [0.25, 0.3) is 0 Å². The van der Waals surface area contributed by atoms with Crippen molar-refractivity contribution in [1.29, 1.82) is 0 Å². The highest BCUT2D eigenvalue weighted by Gasteiger charge is 2.54. The highest BCUT2D eigenvalue weighted by Crippen LogP contribution is 2.39. The van der Waals surface area contributed by atoms with Gasteiger partial charge in [-0.2, -0.15) is 0 Å². The van der Waals surface area contributed by atoms with Crippen molar-refractivity contribution in [3.05, 3.63) is 43.0 Å². The van der Waals surface area contributed by atoms with Crippen LogP contribution in [0, 0.1) is 0 Å². The maximum absolute atomic E-state index is 12.0. The Morgan fingerprint density at radius 2 is 1.64 bits per heavy atom. The van der Waals surface area contributed by atoms with Crippen molar-refractivity contribution < 1.29 is 19.0 Å². The number of hydrogen-bond acceptors (Lipinski definition) is 4. The minimum atomic E-state index is -2.44. The predicted octanol–water partition coefficient (Wildman–Crippen LogP) is 4.46. The number of rotatable bonds is 10. The molecule has 6 heteroatoms. The summed E-state index contributed by atoms with van der Waals surface area (Å²) in [6.45, 7) is 21.4. The smallest absolute Gasteiger partial charge is 0.192 e. The first-order valence-corrected chi connectivity index (χ1v) is 15.8. The molecule has 0 unspecified atom stereocenters. The molecule has 0 radical (unpaired) electrons. The van der Waals surface area contributed by atoms with Crippen molar-refractivity contribution in [2.75, 3.05) is 13.9 Å². The van der Waals surface area contributed by atoms with Gasteiger partial charge in [0.25, 0.3) is 0 Å². The zero-order valence-corrected chi connectivity index (χ0v) is 21.2. The fourth-order valence-corrected chi connectivity index (χ4v) is 7.71. The van der Waals surface area contributed by atoms with Crippen molar-refractivity contribution in [2.24, 2.45) is 0 Å². The van der Waals surface area contributed by atoms with Crippen LogP contribution in [0.2, 0.25) is 31.2 Å². The summed E-state index contributed by atoms with van der Waals surface area (Å²) in [5.41, 5.74) is 0. The van der Waals surface area contributed by atoms with E-state index in [0.717, 1.165) is 5.19 Å². The molecule has 160 valence electrons. The summed E-state index contributed by atoms with van der Waals surface area (Å²) in [5.74, 6) is 0. The largest absolute Gasteiger partial charge is 0.411 e. The Morgan fingerprint density at radius 1 is 1.11 bits per heavy atom. The normalized spacial score (nSPS) is 17.6. The Balaban J connectivity index is 3.36. The topological polar surface area (TPSA) is 47.9 Å². The van der Waals surface area contributed by atoms with Crippen LogP contribution in [0.5, 0.6) is 0 Å². The van der Waals surface area contributed by atoms with Crippen LogP contribution >= 0.6 is 0 Å². The summed E-state index contributed by atoms with van der Waals surface area (Å²) < 4.78 is 17.9. The van der Waals surface area contributed by atoms with Gasteiger partial charge in [-0.05, 0) is 25.1 Å². The second kappa shape index (κ2) is 9.36. The molecule has 0 amide bonds. The number of ether oxygens (including phenoxy) is 2. The molecule has 0 heterocycles. The van der Waals surface area contributed by atoms with Gasteiger partial charge in [0.15, 0.2) is 8.32 Å². The quantitative estimate of drug-likeness (QED) is 0.342. The molecule has 0 saturated heterocycles. The van der Waals surface area contributed by atoms with Crippen molar-refractivity contribution in [2.45, 2.75) is 76.4 Å². The zero-order valence-electron chi connectivity index (χ0n) is 19.2. The minimum absolute atomic E-state index is 0.0612. The maximum Gasteiger partial charge on any atom is 0.192 e. The Morgan fingerprint density at radius 3 is 2.07 bits per heavy atom. The molecule has 0 aromatic heterocycles. The number of methoxy groups -OCH3 is 1. The van der Waals surface area contributed by atoms with E-state index in [9.17, 15) is 5.11 Å². The third-order valence-corrected chi connectivity index (χ3v) is 15.2. The molecule has 1 aromatic carbocycles. The van der Waals surface area contributed by atoms with Gasteiger partial charge in [-0.3, -0.25) is 0 Å². The molecular weight excluding hydrogens is 384 g/mol. The Bertz CT molecular complexity index is 625. The molecule has 0 bridgehead atoms. The summed E-state index contributed by atoms with van der Waals surface area (Å²) in [7, 11) is -2.90. The summed E-state index contributed by atoms with van der Waals surface area (Å²) in [6, 6.07) is 10.2. The van der Waals surface area contributed by atoms with Crippen LogP contribution in [0.1, 0.15) is 27.7 Å². The standard InChI is InChI=1S/C22H40O4Si2/c1-11-22(23,27(7,8)19-15-13-12-14-16-19)20(25-17-24-6)18(2)26-28(9,10)21(3,4)5/h11-16,18,20,23H,1,17H2,2-10H3/t18-,20+,22+/m1/s1. The molecule has 0 aliphatic carbocycles. The molecule has 4 nitrogen and oxygen atoms in total. The van der Waals surface area contributed by atoms with E-state index in [1.165, 1.54) is 0 Å². The lowest BCUT2D eigenvalue weighted by Crippen LogP contribution is -2.70. The van der Waals surface area contributed by atoms with Gasteiger partial charge in [0.2, 0.25) is 0 Å². The molecule has 28 heavy (non-hydrogen) atoms. The van der Waals surface area contributed by atoms with Gasteiger partial charge in [-0.25, -0.2) is 0 Å². The highest BCUT2D eigenvalue weighted by atomic mass is 28.4. The van der Waals surface area contributed by atoms with E-state index >= 15 is 0 Å². The van der Waals surface area contributed by atoms with Gasteiger partial charge in [-0.15, -0.1) is 6.58 Å². The van der Waals surface area contributed by atoms with Crippen LogP contribution in [-0.4, -0.2) is 52.8 Å². The molecule has 0 aliphatic heterocycles. The molecule has 0 spiro atoms. The van der Waals surface area contributed by atoms with E-state index in [2.05, 4.69) is 65.7 Å². The Hall–Kier alpha value is -0.766. The van der Waals surface area contributed by atoms with Gasteiger partial charge >= 0.3 is 0 Å². The number of aliphatic hydroxyl groups is 1. The first kappa shape index (κ1) is 25.3. The first-order valence-electron chi connectivity index (χ1n) is 9.94. The van der Waals surface area contributed by atoms with Crippen LogP contribution in [-0.2, 0) is 13.9 Å². The van der Waals surface area contributed by atoms with E-state index in [0.29, 0.717) is 0 Å². The molecule has 3 atom stereocenters. The Labute approximate surface area is 174 Å². The summed E-state index contributed by atoms with van der Waals surface area (Å²) in [4.78, 5) is 0.